The van der Waals surface area contributed by atoms with Gasteiger partial charge in [0.15, 0.2) is 11.5 Å². The molecule has 2 bridgehead atoms. The fourth-order valence-corrected chi connectivity index (χ4v) is 3.29. The van der Waals surface area contributed by atoms with Gasteiger partial charge in [-0.3, -0.25) is 9.78 Å². The zero-order valence-corrected chi connectivity index (χ0v) is 15.9. The van der Waals surface area contributed by atoms with E-state index in [1.54, 1.807) is 24.3 Å². The molecule has 1 aliphatic heterocycles. The molecule has 4 rings (SSSR count). The molecule has 1 aliphatic rings. The summed E-state index contributed by atoms with van der Waals surface area (Å²) < 4.78 is 0. The Morgan fingerprint density at radius 1 is 0.793 bits per heavy atom. The van der Waals surface area contributed by atoms with E-state index in [0.29, 0.717) is 11.3 Å². The fourth-order valence-electron chi connectivity index (χ4n) is 3.29. The molecule has 0 N–H and O–H groups in total. The lowest BCUT2D eigenvalue weighted by Gasteiger charge is -2.17. The normalized spacial score (nSPS) is 11.6. The average Bonchev–Trinajstić information content (AvgIpc) is 3.12. The van der Waals surface area contributed by atoms with E-state index < -0.39 is 11.9 Å². The van der Waals surface area contributed by atoms with Crippen LogP contribution in [0.3, 0.4) is 0 Å². The smallest absolute Gasteiger partial charge is 0.290 e. The highest BCUT2D eigenvalue weighted by Crippen LogP contribution is 2.33. The molecular weight excluding hydrogens is 372 g/mol. The minimum absolute atomic E-state index is 0.0449. The van der Waals surface area contributed by atoms with Gasteiger partial charge in [-0.05, 0) is 40.8 Å². The van der Waals surface area contributed by atoms with Crippen LogP contribution in [0, 0.1) is 0 Å². The van der Waals surface area contributed by atoms with Crippen molar-refractivity contribution in [3.63, 3.8) is 0 Å². The molecule has 3 aromatic carbocycles. The highest BCUT2D eigenvalue weighted by Gasteiger charge is 2.25. The lowest BCUT2D eigenvalue weighted by atomic mass is 9.88. The third kappa shape index (κ3) is 3.65. The molecule has 0 saturated carbocycles. The van der Waals surface area contributed by atoms with Crippen LogP contribution in [0.5, 0.6) is 11.5 Å². The molecule has 0 saturated heterocycles. The van der Waals surface area contributed by atoms with Crippen molar-refractivity contribution in [3.05, 3.63) is 83.4 Å². The lowest BCUT2D eigenvalue weighted by Crippen LogP contribution is -2.14. The molecule has 0 atom stereocenters. The summed E-state index contributed by atoms with van der Waals surface area (Å²) >= 11 is 0. The van der Waals surface area contributed by atoms with E-state index in [1.165, 1.54) is 6.07 Å². The van der Waals surface area contributed by atoms with Crippen LogP contribution in [0.1, 0.15) is 46.0 Å². The summed E-state index contributed by atoms with van der Waals surface area (Å²) in [4.78, 5) is 44.3. The number of carbonyl (C=O) groups is 2. The van der Waals surface area contributed by atoms with E-state index in [-0.39, 0.29) is 17.2 Å². The first-order valence-corrected chi connectivity index (χ1v) is 9.14. The Balaban J connectivity index is 1.57. The van der Waals surface area contributed by atoms with Crippen LogP contribution in [0.2, 0.25) is 0 Å². The number of hydrogen-bond acceptors (Lipinski definition) is 6. The molecule has 0 aromatic heterocycles. The molecule has 0 spiro atoms. The lowest BCUT2D eigenvalue weighted by molar-refractivity contribution is -0.188. The topological polar surface area (TPSA) is 71.1 Å². The van der Waals surface area contributed by atoms with E-state index >= 15 is 0 Å². The molecule has 0 unspecified atom stereocenters. The first kappa shape index (κ1) is 18.6. The van der Waals surface area contributed by atoms with E-state index in [1.807, 2.05) is 50.2 Å². The molecule has 29 heavy (non-hydrogen) atoms. The minimum Gasteiger partial charge on any atom is -0.290 e. The largest absolute Gasteiger partial charge is 0.390 e. The van der Waals surface area contributed by atoms with E-state index in [4.69, 9.17) is 19.6 Å². The molecule has 6 nitrogen and oxygen atoms in total. The zero-order chi connectivity index (χ0) is 20.4. The predicted molar refractivity (Wildman–Crippen MR) is 104 cm³/mol. The maximum Gasteiger partial charge on any atom is 0.390 e. The van der Waals surface area contributed by atoms with Gasteiger partial charge in [-0.25, -0.2) is 19.4 Å². The van der Waals surface area contributed by atoms with Crippen LogP contribution in [0.25, 0.3) is 11.1 Å². The third-order valence-electron chi connectivity index (χ3n) is 4.58. The van der Waals surface area contributed by atoms with Gasteiger partial charge in [0.1, 0.15) is 5.56 Å². The van der Waals surface area contributed by atoms with Crippen LogP contribution in [-0.2, 0) is 9.78 Å². The maximum atomic E-state index is 12.7. The highest BCUT2D eigenvalue weighted by molar-refractivity contribution is 5.96. The Bertz CT molecular complexity index is 1070. The van der Waals surface area contributed by atoms with Crippen LogP contribution in [-0.4, -0.2) is 11.9 Å². The average molecular weight is 390 g/mol. The molecule has 0 fully saturated rings. The van der Waals surface area contributed by atoms with E-state index in [9.17, 15) is 9.59 Å². The number of hydrogen-bond donors (Lipinski definition) is 0. The van der Waals surface area contributed by atoms with Crippen molar-refractivity contribution in [2.75, 3.05) is 0 Å². The van der Waals surface area contributed by atoms with E-state index in [2.05, 4.69) is 0 Å². The first-order chi connectivity index (χ1) is 14.0. The quantitative estimate of drug-likeness (QED) is 0.456. The Hall–Kier alpha value is -3.80. The Labute approximate surface area is 167 Å². The van der Waals surface area contributed by atoms with E-state index in [0.717, 1.165) is 16.7 Å². The molecule has 146 valence electrons. The van der Waals surface area contributed by atoms with Gasteiger partial charge in [0.05, 0.1) is 5.56 Å². The summed E-state index contributed by atoms with van der Waals surface area (Å²) in [6, 6.07) is 19.7. The zero-order valence-electron chi connectivity index (χ0n) is 15.9. The molecule has 1 heterocycles. The molecule has 6 heteroatoms. The number of carbonyl (C=O) groups excluding carboxylic acids is 2. The monoisotopic (exact) mass is 390 g/mol. The summed E-state index contributed by atoms with van der Waals surface area (Å²) in [6.45, 7) is 3.98. The van der Waals surface area contributed by atoms with Gasteiger partial charge in [0.2, 0.25) is 0 Å². The maximum absolute atomic E-state index is 12.7. The number of fused-ring (bicyclic) bond motifs is 2. The van der Waals surface area contributed by atoms with Crippen molar-refractivity contribution in [3.8, 4) is 22.6 Å². The van der Waals surface area contributed by atoms with Crippen LogP contribution >= 0.6 is 0 Å². The Morgan fingerprint density at radius 3 is 2.24 bits per heavy atom. The van der Waals surface area contributed by atoms with Gasteiger partial charge >= 0.3 is 11.9 Å². The van der Waals surface area contributed by atoms with Crippen LogP contribution in [0.4, 0.5) is 0 Å². The number of benzene rings is 3. The van der Waals surface area contributed by atoms with Crippen molar-refractivity contribution in [2.45, 2.75) is 19.8 Å². The standard InChI is InChI=1S/C23H18O6/c1-14(2)21-17(15-7-4-3-5-8-15)9-6-10-19(21)23(25)29-28-22(24)18-12-11-16-13-20(18)27-26-16/h3-14H,1-2H3. The van der Waals surface area contributed by atoms with Crippen molar-refractivity contribution in [2.24, 2.45) is 0 Å². The molecule has 0 amide bonds. The summed E-state index contributed by atoms with van der Waals surface area (Å²) in [6.07, 6.45) is 0. The Kier molecular flexibility index (Phi) is 4.91. The molecule has 0 radical (unpaired) electrons. The first-order valence-electron chi connectivity index (χ1n) is 9.14. The van der Waals surface area contributed by atoms with Gasteiger partial charge in [0, 0.05) is 6.07 Å². The fraction of sp³-hybridized carbons (Fsp3) is 0.130. The summed E-state index contributed by atoms with van der Waals surface area (Å²) in [5.74, 6) is -0.866. The van der Waals surface area contributed by atoms with Crippen LogP contribution in [0.15, 0.2) is 66.7 Å². The summed E-state index contributed by atoms with van der Waals surface area (Å²) in [7, 11) is 0. The van der Waals surface area contributed by atoms with Gasteiger partial charge in [-0.1, -0.05) is 56.3 Å². The second-order valence-electron chi connectivity index (χ2n) is 6.85. The second-order valence-corrected chi connectivity index (χ2v) is 6.85. The van der Waals surface area contributed by atoms with Gasteiger partial charge in [-0.2, -0.15) is 0 Å². The SMILES string of the molecule is CC(C)c1c(C(=O)OOC(=O)c2ccc3cc2OO3)cccc1-c1ccccc1. The summed E-state index contributed by atoms with van der Waals surface area (Å²) in [5.41, 5.74) is 3.17. The molecule has 3 aromatic rings. The summed E-state index contributed by atoms with van der Waals surface area (Å²) in [5, 5.41) is 0. The molecular formula is C23H18O6. The molecule has 0 aliphatic carbocycles. The highest BCUT2D eigenvalue weighted by atomic mass is 17.2. The Morgan fingerprint density at radius 2 is 1.52 bits per heavy atom. The predicted octanol–water partition coefficient (Wildman–Crippen LogP) is 5.09. The number of rotatable bonds is 4. The van der Waals surface area contributed by atoms with Crippen molar-refractivity contribution in [1.29, 1.82) is 0 Å². The van der Waals surface area contributed by atoms with Gasteiger partial charge in [0.25, 0.3) is 0 Å². The van der Waals surface area contributed by atoms with Crippen molar-refractivity contribution in [1.82, 2.24) is 0 Å². The second kappa shape index (κ2) is 7.67. The third-order valence-corrected chi connectivity index (χ3v) is 4.58. The van der Waals surface area contributed by atoms with Crippen LogP contribution < -0.4 is 9.78 Å². The minimum atomic E-state index is -0.851. The van der Waals surface area contributed by atoms with Gasteiger partial charge in [-0.15, -0.1) is 0 Å². The van der Waals surface area contributed by atoms with Gasteiger partial charge < -0.3 is 0 Å². The van der Waals surface area contributed by atoms with Crippen molar-refractivity contribution < 1.29 is 29.1 Å². The van der Waals surface area contributed by atoms with Crippen molar-refractivity contribution >= 4 is 11.9 Å².